The second-order valence-electron chi connectivity index (χ2n) is 4.08. The highest BCUT2D eigenvalue weighted by atomic mass is 79.9. The van der Waals surface area contributed by atoms with E-state index in [1.54, 1.807) is 38.4 Å². The number of carboxylic acid groups (broad SMARTS) is 1. The van der Waals surface area contributed by atoms with Crippen molar-refractivity contribution in [2.45, 2.75) is 0 Å². The Morgan fingerprint density at radius 1 is 1.20 bits per heavy atom. The Kier molecular flexibility index (Phi) is 5.51. The van der Waals surface area contributed by atoms with E-state index in [-0.39, 0.29) is 5.96 Å². The van der Waals surface area contributed by atoms with Gasteiger partial charge in [0.2, 0.25) is 5.96 Å². The first-order valence-corrected chi connectivity index (χ1v) is 6.39. The minimum atomic E-state index is -1.20. The van der Waals surface area contributed by atoms with Crippen molar-refractivity contribution in [2.24, 2.45) is 4.99 Å². The van der Waals surface area contributed by atoms with Crippen molar-refractivity contribution in [3.8, 4) is 0 Å². The lowest BCUT2D eigenvalue weighted by Gasteiger charge is -2.21. The molecule has 0 saturated carbocycles. The molecule has 8 heteroatoms. The van der Waals surface area contributed by atoms with Crippen LogP contribution in [-0.2, 0) is 0 Å². The van der Waals surface area contributed by atoms with Crippen LogP contribution in [0.2, 0.25) is 0 Å². The number of guanidine groups is 1. The summed E-state index contributed by atoms with van der Waals surface area (Å²) in [6.45, 7) is 0. The van der Waals surface area contributed by atoms with E-state index >= 15 is 0 Å². The summed E-state index contributed by atoms with van der Waals surface area (Å²) in [5, 5.41) is 11.5. The number of hydrogen-bond acceptors (Lipinski definition) is 2. The molecule has 1 aromatic carbocycles. The average Bonchev–Trinajstić information content (AvgIpc) is 2.37. The first kappa shape index (κ1) is 16.0. The van der Waals surface area contributed by atoms with Crippen molar-refractivity contribution in [1.29, 1.82) is 0 Å². The van der Waals surface area contributed by atoms with Crippen LogP contribution >= 0.6 is 15.9 Å². The van der Waals surface area contributed by atoms with Crippen LogP contribution in [0.25, 0.3) is 0 Å². The molecule has 0 unspecified atom stereocenters. The van der Waals surface area contributed by atoms with E-state index in [2.05, 4.69) is 26.2 Å². The first-order valence-electron chi connectivity index (χ1n) is 5.60. The molecule has 7 nitrogen and oxygen atoms in total. The van der Waals surface area contributed by atoms with Gasteiger partial charge in [-0.3, -0.25) is 4.90 Å². The molecule has 0 atom stereocenters. The molecule has 0 heterocycles. The fourth-order valence-electron chi connectivity index (χ4n) is 1.34. The van der Waals surface area contributed by atoms with Gasteiger partial charge in [0.25, 0.3) is 0 Å². The van der Waals surface area contributed by atoms with E-state index in [0.717, 1.165) is 9.37 Å². The molecule has 0 saturated heterocycles. The van der Waals surface area contributed by atoms with Crippen molar-refractivity contribution in [1.82, 2.24) is 9.80 Å². The fourth-order valence-corrected chi connectivity index (χ4v) is 1.60. The quantitative estimate of drug-likeness (QED) is 0.606. The van der Waals surface area contributed by atoms with Crippen LogP contribution in [0.15, 0.2) is 33.7 Å². The second kappa shape index (κ2) is 6.90. The van der Waals surface area contributed by atoms with Gasteiger partial charge < -0.3 is 15.3 Å². The standard InChI is InChI=1S/C12H15BrN4O3/c1-16(2)11(17(3)12(19)20)15-10(18)14-9-6-4-8(13)5-7-9/h4-7H,1-3H3,(H,14,18)(H,19,20). The smallest absolute Gasteiger partial charge is 0.413 e. The molecule has 0 aliphatic rings. The Labute approximate surface area is 125 Å². The number of urea groups is 1. The number of nitrogens with zero attached hydrogens (tertiary/aromatic N) is 3. The number of amides is 3. The third-order valence-electron chi connectivity index (χ3n) is 2.28. The predicted molar refractivity (Wildman–Crippen MR) is 80.1 cm³/mol. The normalized spacial score (nSPS) is 10.9. The molecule has 0 aromatic heterocycles. The van der Waals surface area contributed by atoms with Crippen LogP contribution < -0.4 is 5.32 Å². The van der Waals surface area contributed by atoms with Crippen molar-refractivity contribution >= 4 is 39.7 Å². The van der Waals surface area contributed by atoms with Gasteiger partial charge in [-0.2, -0.15) is 4.99 Å². The number of nitrogens with one attached hydrogen (secondary N) is 1. The summed E-state index contributed by atoms with van der Waals surface area (Å²) < 4.78 is 0.888. The van der Waals surface area contributed by atoms with Crippen molar-refractivity contribution in [3.05, 3.63) is 28.7 Å². The lowest BCUT2D eigenvalue weighted by Crippen LogP contribution is -2.41. The van der Waals surface area contributed by atoms with Crippen LogP contribution in [0.5, 0.6) is 0 Å². The summed E-state index contributed by atoms with van der Waals surface area (Å²) in [5.41, 5.74) is 0.568. The second-order valence-corrected chi connectivity index (χ2v) is 5.00. The van der Waals surface area contributed by atoms with Crippen LogP contribution in [0.3, 0.4) is 0 Å². The van der Waals surface area contributed by atoms with Gasteiger partial charge in [0.05, 0.1) is 0 Å². The van der Waals surface area contributed by atoms with E-state index in [0.29, 0.717) is 5.69 Å². The third kappa shape index (κ3) is 4.54. The number of benzene rings is 1. The highest BCUT2D eigenvalue weighted by Crippen LogP contribution is 2.14. The topological polar surface area (TPSA) is 85.2 Å². The maximum Gasteiger partial charge on any atom is 0.413 e. The van der Waals surface area contributed by atoms with Gasteiger partial charge in [0.15, 0.2) is 0 Å². The van der Waals surface area contributed by atoms with Crippen LogP contribution in [-0.4, -0.2) is 54.1 Å². The number of carbonyl (C=O) groups excluding carboxylic acids is 1. The molecule has 0 spiro atoms. The Hall–Kier alpha value is -2.09. The summed E-state index contributed by atoms with van der Waals surface area (Å²) >= 11 is 3.29. The highest BCUT2D eigenvalue weighted by Gasteiger charge is 2.17. The van der Waals surface area contributed by atoms with Gasteiger partial charge in [-0.1, -0.05) is 15.9 Å². The number of aliphatic imine (C=N–C) groups is 1. The summed E-state index contributed by atoms with van der Waals surface area (Å²) in [4.78, 5) is 28.7. The zero-order chi connectivity index (χ0) is 15.3. The van der Waals surface area contributed by atoms with Gasteiger partial charge in [-0.25, -0.2) is 9.59 Å². The van der Waals surface area contributed by atoms with Crippen LogP contribution in [0.1, 0.15) is 0 Å². The number of hydrogen-bond donors (Lipinski definition) is 2. The van der Waals surface area contributed by atoms with E-state index in [1.807, 2.05) is 0 Å². The predicted octanol–water partition coefficient (Wildman–Crippen LogP) is 2.51. The summed E-state index contributed by atoms with van der Waals surface area (Å²) in [6, 6.07) is 6.30. The minimum absolute atomic E-state index is 0.0205. The number of carbonyl (C=O) groups is 2. The minimum Gasteiger partial charge on any atom is -0.465 e. The molecule has 0 radical (unpaired) electrons. The average molecular weight is 343 g/mol. The maximum atomic E-state index is 11.8. The lowest BCUT2D eigenvalue weighted by atomic mass is 10.3. The van der Waals surface area contributed by atoms with E-state index < -0.39 is 12.1 Å². The van der Waals surface area contributed by atoms with Gasteiger partial charge in [-0.05, 0) is 24.3 Å². The highest BCUT2D eigenvalue weighted by molar-refractivity contribution is 9.10. The molecule has 0 aliphatic carbocycles. The molecular formula is C12H15BrN4O3. The lowest BCUT2D eigenvalue weighted by molar-refractivity contribution is 0.172. The monoisotopic (exact) mass is 342 g/mol. The molecule has 20 heavy (non-hydrogen) atoms. The van der Waals surface area contributed by atoms with Gasteiger partial charge in [0.1, 0.15) is 0 Å². The zero-order valence-corrected chi connectivity index (χ0v) is 12.9. The Balaban J connectivity index is 2.86. The number of anilines is 1. The summed E-state index contributed by atoms with van der Waals surface area (Å²) in [7, 11) is 4.52. The Bertz CT molecular complexity index is 528. The first-order chi connectivity index (χ1) is 9.31. The van der Waals surface area contributed by atoms with E-state index in [4.69, 9.17) is 5.11 Å². The molecule has 0 aliphatic heterocycles. The molecule has 1 rings (SSSR count). The molecule has 108 valence electrons. The third-order valence-corrected chi connectivity index (χ3v) is 2.81. The summed E-state index contributed by atoms with van der Waals surface area (Å²) in [6.07, 6.45) is -1.20. The van der Waals surface area contributed by atoms with E-state index in [9.17, 15) is 9.59 Å². The molecule has 2 N–H and O–H groups in total. The van der Waals surface area contributed by atoms with E-state index in [1.165, 1.54) is 11.9 Å². The molecular weight excluding hydrogens is 328 g/mol. The Morgan fingerprint density at radius 3 is 2.20 bits per heavy atom. The molecule has 0 bridgehead atoms. The number of rotatable bonds is 1. The van der Waals surface area contributed by atoms with Gasteiger partial charge in [-0.15, -0.1) is 0 Å². The fraction of sp³-hybridized carbons (Fsp3) is 0.250. The van der Waals surface area contributed by atoms with Crippen molar-refractivity contribution in [3.63, 3.8) is 0 Å². The maximum absolute atomic E-state index is 11.8. The van der Waals surface area contributed by atoms with Gasteiger partial charge >= 0.3 is 12.1 Å². The largest absolute Gasteiger partial charge is 0.465 e. The summed E-state index contributed by atoms with van der Waals surface area (Å²) in [5.74, 6) is 0.0205. The van der Waals surface area contributed by atoms with Gasteiger partial charge in [0, 0.05) is 31.3 Å². The Morgan fingerprint density at radius 2 is 1.75 bits per heavy atom. The number of halogens is 1. The zero-order valence-electron chi connectivity index (χ0n) is 11.3. The van der Waals surface area contributed by atoms with Crippen LogP contribution in [0, 0.1) is 0 Å². The SMILES string of the molecule is CN(C)C(=NC(=O)Nc1ccc(Br)cc1)N(C)C(=O)O. The molecule has 0 fully saturated rings. The van der Waals surface area contributed by atoms with Crippen molar-refractivity contribution < 1.29 is 14.7 Å². The van der Waals surface area contributed by atoms with Crippen LogP contribution in [0.4, 0.5) is 15.3 Å². The molecule has 3 amide bonds. The van der Waals surface area contributed by atoms with Crippen molar-refractivity contribution in [2.75, 3.05) is 26.5 Å². The molecule has 1 aromatic rings.